The molecule has 0 atom stereocenters. The van der Waals surface area contributed by atoms with E-state index >= 15 is 0 Å². The number of anilines is 1. The van der Waals surface area contributed by atoms with E-state index in [2.05, 4.69) is 15.4 Å². The Hall–Kier alpha value is -3.26. The number of carbonyl (C=O) groups excluding carboxylic acids is 1. The van der Waals surface area contributed by atoms with Crippen molar-refractivity contribution < 1.29 is 9.21 Å². The van der Waals surface area contributed by atoms with E-state index in [4.69, 9.17) is 4.42 Å². The number of benzene rings is 1. The molecule has 3 heterocycles. The number of aryl methyl sites for hydroxylation is 2. The van der Waals surface area contributed by atoms with Crippen LogP contribution in [0.2, 0.25) is 0 Å². The summed E-state index contributed by atoms with van der Waals surface area (Å²) in [6.07, 6.45) is 1.54. The molecule has 0 fully saturated rings. The summed E-state index contributed by atoms with van der Waals surface area (Å²) in [5, 5.41) is 7.91. The summed E-state index contributed by atoms with van der Waals surface area (Å²) in [6, 6.07) is 11.0. The molecule has 1 amide bonds. The highest BCUT2D eigenvalue weighted by molar-refractivity contribution is 7.19. The van der Waals surface area contributed by atoms with Gasteiger partial charge in [0, 0.05) is 5.69 Å². The minimum Gasteiger partial charge on any atom is -0.463 e. The van der Waals surface area contributed by atoms with Crippen LogP contribution in [0.1, 0.15) is 10.6 Å². The van der Waals surface area contributed by atoms with Crippen LogP contribution >= 0.6 is 11.3 Å². The van der Waals surface area contributed by atoms with Gasteiger partial charge in [-0.25, -0.2) is 9.67 Å². The lowest BCUT2D eigenvalue weighted by atomic mass is 10.2. The predicted octanol–water partition coefficient (Wildman–Crippen LogP) is 3.37. The Labute approximate surface area is 158 Å². The van der Waals surface area contributed by atoms with Crippen LogP contribution in [0.3, 0.4) is 0 Å². The molecule has 0 aliphatic heterocycles. The molecule has 4 rings (SSSR count). The molecule has 1 aromatic carbocycles. The molecule has 0 aliphatic rings. The minimum atomic E-state index is -0.399. The van der Waals surface area contributed by atoms with E-state index in [1.165, 1.54) is 17.6 Å². The number of hydrogen-bond donors (Lipinski definition) is 1. The van der Waals surface area contributed by atoms with Crippen molar-refractivity contribution in [3.63, 3.8) is 0 Å². The quantitative estimate of drug-likeness (QED) is 0.586. The number of thiazole rings is 1. The zero-order valence-corrected chi connectivity index (χ0v) is 15.5. The molecule has 0 unspecified atom stereocenters. The second-order valence-corrected chi connectivity index (χ2v) is 7.32. The zero-order chi connectivity index (χ0) is 19.0. The summed E-state index contributed by atoms with van der Waals surface area (Å²) in [6.45, 7) is 3.55. The molecule has 0 spiro atoms. The van der Waals surface area contributed by atoms with Gasteiger partial charge in [0.15, 0.2) is 11.3 Å². The number of aromatic nitrogens is 3. The Bertz CT molecular complexity index is 1190. The number of nitrogens with zero attached hydrogens (tertiary/aromatic N) is 3. The monoisotopic (exact) mass is 380 g/mol. The van der Waals surface area contributed by atoms with Crippen molar-refractivity contribution in [3.8, 4) is 11.5 Å². The van der Waals surface area contributed by atoms with Gasteiger partial charge in [-0.15, -0.1) is 11.3 Å². The fourth-order valence-corrected chi connectivity index (χ4v) is 3.71. The molecule has 7 nitrogen and oxygen atoms in total. The molecule has 4 aromatic rings. The van der Waals surface area contributed by atoms with E-state index in [0.717, 1.165) is 15.3 Å². The van der Waals surface area contributed by atoms with E-state index in [-0.39, 0.29) is 12.5 Å². The highest BCUT2D eigenvalue weighted by Crippen LogP contribution is 2.29. The van der Waals surface area contributed by atoms with Crippen molar-refractivity contribution in [2.75, 3.05) is 5.32 Å². The summed E-state index contributed by atoms with van der Waals surface area (Å²) in [4.78, 5) is 29.5. The van der Waals surface area contributed by atoms with Crippen LogP contribution < -0.4 is 10.9 Å². The van der Waals surface area contributed by atoms with Crippen LogP contribution in [0.15, 0.2) is 51.9 Å². The summed E-state index contributed by atoms with van der Waals surface area (Å²) in [7, 11) is 0. The highest BCUT2D eigenvalue weighted by Gasteiger charge is 2.19. The standard InChI is InChI=1S/C19H16N4O3S/c1-11-5-3-6-13(9-11)21-15(24)10-23-19(25)17-18(27-12(2)20-17)16(22-23)14-7-4-8-26-14/h3-9H,10H2,1-2H3,(H,21,24). The smallest absolute Gasteiger partial charge is 0.294 e. The number of furan rings is 1. The summed E-state index contributed by atoms with van der Waals surface area (Å²) in [5.74, 6) is 0.184. The number of amides is 1. The first-order chi connectivity index (χ1) is 13.0. The average molecular weight is 380 g/mol. The molecule has 3 aromatic heterocycles. The molecule has 0 radical (unpaired) electrons. The summed E-state index contributed by atoms with van der Waals surface area (Å²) < 4.78 is 7.23. The van der Waals surface area contributed by atoms with Gasteiger partial charge in [0.2, 0.25) is 5.91 Å². The maximum absolute atomic E-state index is 12.7. The summed E-state index contributed by atoms with van der Waals surface area (Å²) in [5.41, 5.74) is 2.10. The predicted molar refractivity (Wildman–Crippen MR) is 104 cm³/mol. The third kappa shape index (κ3) is 3.39. The Morgan fingerprint density at radius 3 is 2.85 bits per heavy atom. The maximum atomic E-state index is 12.7. The molecule has 0 saturated carbocycles. The number of carbonyl (C=O) groups is 1. The van der Waals surface area contributed by atoms with Gasteiger partial charge in [-0.05, 0) is 43.7 Å². The Kier molecular flexibility index (Phi) is 4.33. The molecular formula is C19H16N4O3S. The second kappa shape index (κ2) is 6.81. The van der Waals surface area contributed by atoms with Gasteiger partial charge >= 0.3 is 0 Å². The molecule has 0 bridgehead atoms. The number of nitrogens with one attached hydrogen (secondary N) is 1. The molecule has 0 aliphatic carbocycles. The molecular weight excluding hydrogens is 364 g/mol. The van der Waals surface area contributed by atoms with E-state index < -0.39 is 5.56 Å². The fourth-order valence-electron chi connectivity index (χ4n) is 2.81. The van der Waals surface area contributed by atoms with E-state index in [1.807, 2.05) is 32.0 Å². The lowest BCUT2D eigenvalue weighted by Crippen LogP contribution is -2.30. The van der Waals surface area contributed by atoms with Crippen molar-refractivity contribution in [1.82, 2.24) is 14.8 Å². The fraction of sp³-hybridized carbons (Fsp3) is 0.158. The highest BCUT2D eigenvalue weighted by atomic mass is 32.1. The number of fused-ring (bicyclic) bond motifs is 1. The van der Waals surface area contributed by atoms with Crippen LogP contribution in [0.4, 0.5) is 5.69 Å². The Morgan fingerprint density at radius 1 is 1.26 bits per heavy atom. The van der Waals surface area contributed by atoms with Crippen molar-refractivity contribution >= 4 is 33.1 Å². The van der Waals surface area contributed by atoms with Crippen LogP contribution in [0.25, 0.3) is 21.7 Å². The van der Waals surface area contributed by atoms with Gasteiger partial charge in [-0.2, -0.15) is 5.10 Å². The van der Waals surface area contributed by atoms with E-state index in [1.54, 1.807) is 18.2 Å². The lowest BCUT2D eigenvalue weighted by Gasteiger charge is -2.08. The number of hydrogen-bond acceptors (Lipinski definition) is 6. The SMILES string of the molecule is Cc1cccc(NC(=O)Cn2nc(-c3ccco3)c3sc(C)nc3c2=O)c1. The zero-order valence-electron chi connectivity index (χ0n) is 14.7. The normalized spacial score (nSPS) is 11.0. The van der Waals surface area contributed by atoms with E-state index in [0.29, 0.717) is 27.4 Å². The first-order valence-electron chi connectivity index (χ1n) is 8.30. The number of rotatable bonds is 4. The third-order valence-corrected chi connectivity index (χ3v) is 4.93. The third-order valence-electron chi connectivity index (χ3n) is 3.96. The lowest BCUT2D eigenvalue weighted by molar-refractivity contribution is -0.117. The van der Waals surface area contributed by atoms with Crippen molar-refractivity contribution in [2.45, 2.75) is 20.4 Å². The van der Waals surface area contributed by atoms with Gasteiger partial charge in [-0.1, -0.05) is 12.1 Å². The van der Waals surface area contributed by atoms with Gasteiger partial charge < -0.3 is 9.73 Å². The van der Waals surface area contributed by atoms with Crippen molar-refractivity contribution in [3.05, 3.63) is 63.6 Å². The topological polar surface area (TPSA) is 90.0 Å². The van der Waals surface area contributed by atoms with Crippen molar-refractivity contribution in [1.29, 1.82) is 0 Å². The molecule has 0 saturated heterocycles. The van der Waals surface area contributed by atoms with Gasteiger partial charge in [0.25, 0.3) is 5.56 Å². The van der Waals surface area contributed by atoms with Crippen molar-refractivity contribution in [2.24, 2.45) is 0 Å². The van der Waals surface area contributed by atoms with Crippen LogP contribution in [0.5, 0.6) is 0 Å². The largest absolute Gasteiger partial charge is 0.463 e. The van der Waals surface area contributed by atoms with Gasteiger partial charge in [0.05, 0.1) is 16.0 Å². The van der Waals surface area contributed by atoms with Gasteiger partial charge in [0.1, 0.15) is 12.2 Å². The summed E-state index contributed by atoms with van der Waals surface area (Å²) >= 11 is 1.38. The first kappa shape index (κ1) is 17.2. The molecule has 1 N–H and O–H groups in total. The molecule has 27 heavy (non-hydrogen) atoms. The Morgan fingerprint density at radius 2 is 2.11 bits per heavy atom. The average Bonchev–Trinajstić information content (AvgIpc) is 3.27. The van der Waals surface area contributed by atoms with Gasteiger partial charge in [-0.3, -0.25) is 9.59 Å². The Balaban J connectivity index is 1.72. The maximum Gasteiger partial charge on any atom is 0.294 e. The van der Waals surface area contributed by atoms with Crippen LogP contribution in [-0.2, 0) is 11.3 Å². The molecule has 8 heteroatoms. The van der Waals surface area contributed by atoms with Crippen LogP contribution in [0, 0.1) is 13.8 Å². The first-order valence-corrected chi connectivity index (χ1v) is 9.11. The van der Waals surface area contributed by atoms with E-state index in [9.17, 15) is 9.59 Å². The second-order valence-electron chi connectivity index (χ2n) is 6.12. The minimum absolute atomic E-state index is 0.215. The van der Waals surface area contributed by atoms with Crippen LogP contribution in [-0.4, -0.2) is 20.7 Å². The molecule has 136 valence electrons.